The summed E-state index contributed by atoms with van der Waals surface area (Å²) in [6, 6.07) is 6.04. The maximum Gasteiger partial charge on any atom is 0.231 e. The molecule has 2 saturated heterocycles. The van der Waals surface area contributed by atoms with Crippen LogP contribution in [0.25, 0.3) is 0 Å². The lowest BCUT2D eigenvalue weighted by Gasteiger charge is -2.53. The zero-order chi connectivity index (χ0) is 17.4. The van der Waals surface area contributed by atoms with Gasteiger partial charge >= 0.3 is 0 Å². The Morgan fingerprint density at radius 1 is 1.40 bits per heavy atom. The van der Waals surface area contributed by atoms with Crippen molar-refractivity contribution in [1.82, 2.24) is 4.90 Å². The lowest BCUT2D eigenvalue weighted by molar-refractivity contribution is -0.151. The fourth-order valence-electron chi connectivity index (χ4n) is 4.72. The number of carbonyl (C=O) groups excluding carboxylic acids is 1. The summed E-state index contributed by atoms with van der Waals surface area (Å²) in [5.74, 6) is 1.67. The summed E-state index contributed by atoms with van der Waals surface area (Å²) in [5, 5.41) is 0. The third-order valence-corrected chi connectivity index (χ3v) is 5.92. The minimum Gasteiger partial charge on any atom is -0.493 e. The first-order valence-corrected chi connectivity index (χ1v) is 9.11. The van der Waals surface area contributed by atoms with E-state index < -0.39 is 0 Å². The number of para-hydroxylation sites is 1. The highest BCUT2D eigenvalue weighted by atomic mass is 16.5. The summed E-state index contributed by atoms with van der Waals surface area (Å²) < 4.78 is 18.4. The second-order valence-electron chi connectivity index (χ2n) is 7.33. The average Bonchev–Trinajstić information content (AvgIpc) is 2.63. The number of benzene rings is 1. The number of amides is 1. The molecule has 1 spiro atoms. The first kappa shape index (κ1) is 16.7. The Hall–Kier alpha value is -1.79. The van der Waals surface area contributed by atoms with E-state index in [1.807, 2.05) is 12.1 Å². The van der Waals surface area contributed by atoms with Gasteiger partial charge in [-0.05, 0) is 18.9 Å². The lowest BCUT2D eigenvalue weighted by atomic mass is 9.70. The van der Waals surface area contributed by atoms with Gasteiger partial charge in [0.2, 0.25) is 5.91 Å². The van der Waals surface area contributed by atoms with Gasteiger partial charge in [0.1, 0.15) is 5.60 Å². The summed E-state index contributed by atoms with van der Waals surface area (Å²) in [6.45, 7) is 2.75. The van der Waals surface area contributed by atoms with Gasteiger partial charge in [-0.15, -0.1) is 0 Å². The van der Waals surface area contributed by atoms with E-state index in [4.69, 9.17) is 19.9 Å². The highest BCUT2D eigenvalue weighted by Crippen LogP contribution is 2.55. The van der Waals surface area contributed by atoms with Crippen LogP contribution in [0.2, 0.25) is 0 Å². The molecule has 2 N–H and O–H groups in total. The average molecular weight is 346 g/mol. The normalized spacial score (nSPS) is 27.9. The van der Waals surface area contributed by atoms with Crippen LogP contribution in [0.5, 0.6) is 11.5 Å². The number of likely N-dealkylation sites (tertiary alicyclic amines) is 1. The van der Waals surface area contributed by atoms with E-state index in [-0.39, 0.29) is 17.6 Å². The standard InChI is InChI=1S/C19H26N2O4/c1-23-15-6-2-4-13-17-14(5-3-11-24-17)19(25-18(13)15)7-9-21(10-8-19)12-16(20)22/h2,4,6,14,17H,3,5,7-12H2,1H3,(H2,20,22)/t14-,17+/m0/s1. The molecule has 0 saturated carbocycles. The van der Waals surface area contributed by atoms with Gasteiger partial charge in [-0.3, -0.25) is 9.69 Å². The molecular weight excluding hydrogens is 320 g/mol. The molecule has 6 heteroatoms. The van der Waals surface area contributed by atoms with E-state index in [1.165, 1.54) is 0 Å². The highest BCUT2D eigenvalue weighted by molar-refractivity contribution is 5.75. The van der Waals surface area contributed by atoms with Gasteiger partial charge in [0.15, 0.2) is 11.5 Å². The third-order valence-electron chi connectivity index (χ3n) is 5.92. The molecule has 0 aliphatic carbocycles. The molecule has 3 aliphatic rings. The molecule has 25 heavy (non-hydrogen) atoms. The first-order chi connectivity index (χ1) is 12.1. The van der Waals surface area contributed by atoms with Crippen LogP contribution in [0.1, 0.15) is 37.4 Å². The van der Waals surface area contributed by atoms with Crippen LogP contribution in [0.15, 0.2) is 18.2 Å². The van der Waals surface area contributed by atoms with Crippen LogP contribution in [-0.4, -0.2) is 49.8 Å². The summed E-state index contributed by atoms with van der Waals surface area (Å²) in [5.41, 5.74) is 6.21. The van der Waals surface area contributed by atoms with Gasteiger partial charge in [-0.25, -0.2) is 0 Å². The van der Waals surface area contributed by atoms with Gasteiger partial charge in [-0.1, -0.05) is 12.1 Å². The smallest absolute Gasteiger partial charge is 0.231 e. The van der Waals surface area contributed by atoms with Crippen LogP contribution in [-0.2, 0) is 9.53 Å². The van der Waals surface area contributed by atoms with Crippen molar-refractivity contribution in [2.24, 2.45) is 11.7 Å². The van der Waals surface area contributed by atoms with Gasteiger partial charge in [0, 0.05) is 44.0 Å². The lowest BCUT2D eigenvalue weighted by Crippen LogP contribution is -2.57. The third kappa shape index (κ3) is 2.87. The molecule has 0 radical (unpaired) electrons. The summed E-state index contributed by atoms with van der Waals surface area (Å²) in [7, 11) is 1.68. The minimum atomic E-state index is -0.272. The van der Waals surface area contributed by atoms with Gasteiger partial charge < -0.3 is 19.9 Å². The highest BCUT2D eigenvalue weighted by Gasteiger charge is 2.53. The summed E-state index contributed by atoms with van der Waals surface area (Å²) in [6.07, 6.45) is 3.99. The van der Waals surface area contributed by atoms with E-state index in [1.54, 1.807) is 7.11 Å². The van der Waals surface area contributed by atoms with Crippen molar-refractivity contribution in [2.45, 2.75) is 37.4 Å². The second-order valence-corrected chi connectivity index (χ2v) is 7.33. The molecule has 6 nitrogen and oxygen atoms in total. The van der Waals surface area contributed by atoms with Crippen molar-refractivity contribution in [1.29, 1.82) is 0 Å². The summed E-state index contributed by atoms with van der Waals surface area (Å²) >= 11 is 0. The Morgan fingerprint density at radius 2 is 2.20 bits per heavy atom. The molecule has 3 heterocycles. The van der Waals surface area contributed by atoms with Crippen molar-refractivity contribution >= 4 is 5.91 Å². The molecule has 3 aliphatic heterocycles. The Bertz CT molecular complexity index is 655. The number of nitrogens with zero attached hydrogens (tertiary/aromatic N) is 1. The Balaban J connectivity index is 1.65. The van der Waals surface area contributed by atoms with Gasteiger partial charge in [0.25, 0.3) is 0 Å². The van der Waals surface area contributed by atoms with Crippen molar-refractivity contribution in [3.63, 3.8) is 0 Å². The number of hydrogen-bond donors (Lipinski definition) is 1. The fraction of sp³-hybridized carbons (Fsp3) is 0.632. The van der Waals surface area contributed by atoms with Crippen LogP contribution >= 0.6 is 0 Å². The van der Waals surface area contributed by atoms with E-state index in [0.29, 0.717) is 12.5 Å². The Kier molecular flexibility index (Phi) is 4.33. The molecule has 2 fully saturated rings. The molecule has 136 valence electrons. The quantitative estimate of drug-likeness (QED) is 0.904. The number of piperidine rings is 1. The van der Waals surface area contributed by atoms with Gasteiger partial charge in [-0.2, -0.15) is 0 Å². The zero-order valence-electron chi connectivity index (χ0n) is 14.7. The number of hydrogen-bond acceptors (Lipinski definition) is 5. The van der Waals surface area contributed by atoms with Crippen molar-refractivity contribution in [3.8, 4) is 11.5 Å². The molecule has 0 bridgehead atoms. The predicted molar refractivity (Wildman–Crippen MR) is 92.6 cm³/mol. The van der Waals surface area contributed by atoms with Gasteiger partial charge in [0.05, 0.1) is 19.8 Å². The van der Waals surface area contributed by atoms with E-state index >= 15 is 0 Å². The SMILES string of the molecule is COc1cccc2c1OC1(CCN(CC(N)=O)CC1)[C@H]1CCCO[C@H]21. The Labute approximate surface area is 148 Å². The number of carbonyl (C=O) groups is 1. The maximum absolute atomic E-state index is 11.2. The number of methoxy groups -OCH3 is 1. The van der Waals surface area contributed by atoms with E-state index in [9.17, 15) is 4.79 Å². The zero-order valence-corrected chi connectivity index (χ0v) is 14.7. The number of nitrogens with two attached hydrogens (primary N) is 1. The minimum absolute atomic E-state index is 0.0651. The molecule has 1 aromatic carbocycles. The molecule has 4 rings (SSSR count). The van der Waals surface area contributed by atoms with Crippen LogP contribution in [0.3, 0.4) is 0 Å². The molecular formula is C19H26N2O4. The number of primary amides is 1. The van der Waals surface area contributed by atoms with Crippen molar-refractivity contribution in [2.75, 3.05) is 33.4 Å². The largest absolute Gasteiger partial charge is 0.493 e. The topological polar surface area (TPSA) is 74.0 Å². The van der Waals surface area contributed by atoms with E-state index in [0.717, 1.165) is 62.4 Å². The molecule has 0 unspecified atom stereocenters. The second kappa shape index (κ2) is 6.50. The maximum atomic E-state index is 11.2. The predicted octanol–water partition coefficient (Wildman–Crippen LogP) is 1.88. The molecule has 2 atom stereocenters. The van der Waals surface area contributed by atoms with Crippen molar-refractivity contribution in [3.05, 3.63) is 23.8 Å². The van der Waals surface area contributed by atoms with Crippen molar-refractivity contribution < 1.29 is 19.0 Å². The fourth-order valence-corrected chi connectivity index (χ4v) is 4.72. The number of ether oxygens (including phenoxy) is 3. The van der Waals surface area contributed by atoms with E-state index in [2.05, 4.69) is 11.0 Å². The number of rotatable bonds is 3. The van der Waals surface area contributed by atoms with Crippen LogP contribution < -0.4 is 15.2 Å². The summed E-state index contributed by atoms with van der Waals surface area (Å²) in [4.78, 5) is 13.3. The molecule has 1 amide bonds. The van der Waals surface area contributed by atoms with Crippen LogP contribution in [0.4, 0.5) is 0 Å². The Morgan fingerprint density at radius 3 is 2.92 bits per heavy atom. The number of fused-ring (bicyclic) bond motifs is 4. The molecule has 1 aromatic rings. The first-order valence-electron chi connectivity index (χ1n) is 9.11. The monoisotopic (exact) mass is 346 g/mol. The molecule has 0 aromatic heterocycles. The van der Waals surface area contributed by atoms with Crippen LogP contribution in [0, 0.1) is 5.92 Å².